The highest BCUT2D eigenvalue weighted by Crippen LogP contribution is 2.33. The molecule has 0 fully saturated rings. The number of benzene rings is 2. The average Bonchev–Trinajstić information content (AvgIpc) is 2.92. The molecule has 0 aliphatic rings. The van der Waals surface area contributed by atoms with Gasteiger partial charge in [0.1, 0.15) is 17.5 Å². The van der Waals surface area contributed by atoms with E-state index in [1.165, 1.54) is 0 Å². The number of hydrogen-bond donors (Lipinski definition) is 4. The molecular formula is C18H18N2O4. The lowest BCUT2D eigenvalue weighted by Crippen LogP contribution is -2.32. The number of H-pyrrole nitrogens is 1. The number of methoxy groups -OCH3 is 1. The Kier molecular flexibility index (Phi) is 4.14. The number of carbonyl (C=O) groups is 1. The van der Waals surface area contributed by atoms with Crippen LogP contribution in [0.5, 0.6) is 11.5 Å². The Bertz CT molecular complexity index is 884. The van der Waals surface area contributed by atoms with E-state index in [-0.39, 0.29) is 12.2 Å². The van der Waals surface area contributed by atoms with Crippen molar-refractivity contribution < 1.29 is 19.7 Å². The number of nitrogens with one attached hydrogen (secondary N) is 1. The van der Waals surface area contributed by atoms with Crippen LogP contribution in [-0.2, 0) is 11.2 Å². The molecule has 0 bridgehead atoms. The predicted octanol–water partition coefficient (Wildman–Crippen LogP) is 2.50. The third-order valence-electron chi connectivity index (χ3n) is 4.01. The lowest BCUT2D eigenvalue weighted by atomic mass is 9.99. The van der Waals surface area contributed by atoms with Gasteiger partial charge in [0.25, 0.3) is 0 Å². The van der Waals surface area contributed by atoms with E-state index in [4.69, 9.17) is 15.6 Å². The van der Waals surface area contributed by atoms with Crippen LogP contribution in [0.3, 0.4) is 0 Å². The molecule has 0 aliphatic heterocycles. The molecule has 1 aromatic heterocycles. The van der Waals surface area contributed by atoms with E-state index < -0.39 is 12.0 Å². The van der Waals surface area contributed by atoms with Crippen molar-refractivity contribution in [2.45, 2.75) is 12.5 Å². The highest BCUT2D eigenvalue weighted by Gasteiger charge is 2.20. The number of aromatic nitrogens is 1. The summed E-state index contributed by atoms with van der Waals surface area (Å²) in [5.74, 6) is -0.214. The van der Waals surface area contributed by atoms with Crippen molar-refractivity contribution in [1.29, 1.82) is 0 Å². The van der Waals surface area contributed by atoms with E-state index >= 15 is 0 Å². The number of aromatic hydroxyl groups is 1. The Balaban J connectivity index is 2.15. The predicted molar refractivity (Wildman–Crippen MR) is 91.3 cm³/mol. The van der Waals surface area contributed by atoms with Crippen molar-refractivity contribution in [1.82, 2.24) is 4.98 Å². The first-order valence-corrected chi connectivity index (χ1v) is 7.46. The molecule has 2 aromatic carbocycles. The molecule has 0 radical (unpaired) electrons. The largest absolute Gasteiger partial charge is 0.508 e. The molecule has 1 atom stereocenters. The Hall–Kier alpha value is -2.99. The fourth-order valence-corrected chi connectivity index (χ4v) is 2.76. The van der Waals surface area contributed by atoms with Crippen molar-refractivity contribution >= 4 is 16.9 Å². The van der Waals surface area contributed by atoms with Crippen LogP contribution in [0.1, 0.15) is 5.56 Å². The molecule has 0 aliphatic carbocycles. The first-order chi connectivity index (χ1) is 11.5. The second-order valence-corrected chi connectivity index (χ2v) is 5.59. The summed E-state index contributed by atoms with van der Waals surface area (Å²) in [5.41, 5.74) is 8.98. The Morgan fingerprint density at radius 1 is 1.25 bits per heavy atom. The second kappa shape index (κ2) is 6.25. The number of aromatic amines is 1. The molecule has 6 heteroatoms. The Morgan fingerprint density at radius 2 is 1.96 bits per heavy atom. The molecule has 5 N–H and O–H groups in total. The standard InChI is InChI=1S/C18H18N2O4/c1-24-12-5-2-10(3-6-12)17-14(9-15(19)18(22)23)13-8-11(21)4-7-16(13)20-17/h2-8,15,20-21H,9,19H2,1H3,(H,22,23)/t15-/m0/s1. The van der Waals surface area contributed by atoms with Gasteiger partial charge >= 0.3 is 5.97 Å². The first kappa shape index (κ1) is 15.9. The third-order valence-corrected chi connectivity index (χ3v) is 4.01. The molecule has 0 unspecified atom stereocenters. The molecule has 1 heterocycles. The molecule has 0 amide bonds. The maximum absolute atomic E-state index is 11.2. The van der Waals surface area contributed by atoms with Gasteiger partial charge in [-0.05, 0) is 53.6 Å². The van der Waals surface area contributed by atoms with Gasteiger partial charge < -0.3 is 25.7 Å². The lowest BCUT2D eigenvalue weighted by molar-refractivity contribution is -0.138. The van der Waals surface area contributed by atoms with Gasteiger partial charge in [0.15, 0.2) is 0 Å². The van der Waals surface area contributed by atoms with Gasteiger partial charge in [-0.25, -0.2) is 0 Å². The smallest absolute Gasteiger partial charge is 0.320 e. The van der Waals surface area contributed by atoms with Crippen LogP contribution in [0.4, 0.5) is 0 Å². The number of phenolic OH excluding ortho intramolecular Hbond substituents is 1. The van der Waals surface area contributed by atoms with E-state index in [1.54, 1.807) is 25.3 Å². The topological polar surface area (TPSA) is 109 Å². The lowest BCUT2D eigenvalue weighted by Gasteiger charge is -2.09. The summed E-state index contributed by atoms with van der Waals surface area (Å²) in [5, 5.41) is 19.7. The summed E-state index contributed by atoms with van der Waals surface area (Å²) in [4.78, 5) is 14.4. The SMILES string of the molecule is COc1ccc(-c2[nH]c3ccc(O)cc3c2C[C@H](N)C(=O)O)cc1. The van der Waals surface area contributed by atoms with Gasteiger partial charge in [0.2, 0.25) is 0 Å². The van der Waals surface area contributed by atoms with Crippen LogP contribution in [0.2, 0.25) is 0 Å². The summed E-state index contributed by atoms with van der Waals surface area (Å²) in [6, 6.07) is 11.4. The molecule has 0 saturated heterocycles. The van der Waals surface area contributed by atoms with Gasteiger partial charge in [-0.3, -0.25) is 4.79 Å². The van der Waals surface area contributed by atoms with E-state index in [1.807, 2.05) is 24.3 Å². The summed E-state index contributed by atoms with van der Waals surface area (Å²) in [7, 11) is 1.60. The zero-order valence-electron chi connectivity index (χ0n) is 13.1. The van der Waals surface area contributed by atoms with Crippen LogP contribution in [-0.4, -0.2) is 34.3 Å². The number of nitrogens with two attached hydrogens (primary N) is 1. The van der Waals surface area contributed by atoms with Crippen LogP contribution < -0.4 is 10.5 Å². The van der Waals surface area contributed by atoms with Crippen LogP contribution in [0.15, 0.2) is 42.5 Å². The van der Waals surface area contributed by atoms with Gasteiger partial charge in [0.05, 0.1) is 7.11 Å². The molecule has 3 rings (SSSR count). The van der Waals surface area contributed by atoms with Gasteiger partial charge in [-0.2, -0.15) is 0 Å². The molecular weight excluding hydrogens is 308 g/mol. The van der Waals surface area contributed by atoms with Crippen LogP contribution >= 0.6 is 0 Å². The maximum atomic E-state index is 11.2. The number of hydrogen-bond acceptors (Lipinski definition) is 4. The fourth-order valence-electron chi connectivity index (χ4n) is 2.76. The third kappa shape index (κ3) is 2.91. The number of aliphatic carboxylic acids is 1. The zero-order chi connectivity index (χ0) is 17.3. The van der Waals surface area contributed by atoms with Crippen molar-refractivity contribution in [3.05, 3.63) is 48.0 Å². The minimum Gasteiger partial charge on any atom is -0.508 e. The van der Waals surface area contributed by atoms with E-state index in [2.05, 4.69) is 4.98 Å². The van der Waals surface area contributed by atoms with Crippen molar-refractivity contribution in [3.63, 3.8) is 0 Å². The number of carboxylic acids is 1. The normalized spacial score (nSPS) is 12.2. The number of ether oxygens (including phenoxy) is 1. The average molecular weight is 326 g/mol. The van der Waals surface area contributed by atoms with Gasteiger partial charge in [-0.1, -0.05) is 0 Å². The highest BCUT2D eigenvalue weighted by atomic mass is 16.5. The molecule has 24 heavy (non-hydrogen) atoms. The van der Waals surface area contributed by atoms with E-state index in [0.29, 0.717) is 0 Å². The molecule has 6 nitrogen and oxygen atoms in total. The van der Waals surface area contributed by atoms with Gasteiger partial charge in [-0.15, -0.1) is 0 Å². The molecule has 3 aromatic rings. The first-order valence-electron chi connectivity index (χ1n) is 7.46. The second-order valence-electron chi connectivity index (χ2n) is 5.59. The van der Waals surface area contributed by atoms with E-state index in [9.17, 15) is 9.90 Å². The minimum atomic E-state index is -1.06. The quantitative estimate of drug-likeness (QED) is 0.576. The van der Waals surface area contributed by atoms with Crippen LogP contribution in [0, 0.1) is 0 Å². The maximum Gasteiger partial charge on any atom is 0.320 e. The highest BCUT2D eigenvalue weighted by molar-refractivity contribution is 5.92. The molecule has 0 saturated carbocycles. The van der Waals surface area contributed by atoms with E-state index in [0.717, 1.165) is 33.5 Å². The summed E-state index contributed by atoms with van der Waals surface area (Å²) >= 11 is 0. The summed E-state index contributed by atoms with van der Waals surface area (Å²) in [6.07, 6.45) is 0.153. The fraction of sp³-hybridized carbons (Fsp3) is 0.167. The molecule has 124 valence electrons. The summed E-state index contributed by atoms with van der Waals surface area (Å²) < 4.78 is 5.16. The van der Waals surface area contributed by atoms with Crippen LogP contribution in [0.25, 0.3) is 22.2 Å². The van der Waals surface area contributed by atoms with Crippen molar-refractivity contribution in [2.24, 2.45) is 5.73 Å². The number of phenols is 1. The Labute approximate surface area is 138 Å². The monoisotopic (exact) mass is 326 g/mol. The summed E-state index contributed by atoms with van der Waals surface area (Å²) in [6.45, 7) is 0. The number of fused-ring (bicyclic) bond motifs is 1. The van der Waals surface area contributed by atoms with Gasteiger partial charge in [0, 0.05) is 23.0 Å². The Morgan fingerprint density at radius 3 is 2.58 bits per heavy atom. The van der Waals surface area contributed by atoms with Crippen molar-refractivity contribution in [2.75, 3.05) is 7.11 Å². The number of rotatable bonds is 5. The zero-order valence-corrected chi connectivity index (χ0v) is 13.1. The molecule has 0 spiro atoms. The minimum absolute atomic E-state index is 0.118. The van der Waals surface area contributed by atoms with Crippen molar-refractivity contribution in [3.8, 4) is 22.8 Å². The number of carboxylic acid groups (broad SMARTS) is 1.